The fourth-order valence-electron chi connectivity index (χ4n) is 2.50. The summed E-state index contributed by atoms with van der Waals surface area (Å²) in [7, 11) is 0. The van der Waals surface area contributed by atoms with Gasteiger partial charge in [-0.1, -0.05) is 19.1 Å². The van der Waals surface area contributed by atoms with Crippen molar-refractivity contribution < 1.29 is 19.5 Å². The van der Waals surface area contributed by atoms with Gasteiger partial charge in [-0.15, -0.1) is 0 Å². The molecule has 6 nitrogen and oxygen atoms in total. The normalized spacial score (nSPS) is 17.0. The molecule has 0 aliphatic carbocycles. The lowest BCUT2D eigenvalue weighted by atomic mass is 10.1. The molecule has 6 heteroatoms. The number of hydrogen-bond acceptors (Lipinski definition) is 4. The molecule has 0 radical (unpaired) electrons. The van der Waals surface area contributed by atoms with Gasteiger partial charge in [0, 0.05) is 5.69 Å². The smallest absolute Gasteiger partial charge is 0.326 e. The first-order valence-electron chi connectivity index (χ1n) is 6.83. The van der Waals surface area contributed by atoms with Crippen LogP contribution in [0.2, 0.25) is 0 Å². The predicted molar refractivity (Wildman–Crippen MR) is 77.0 cm³/mol. The van der Waals surface area contributed by atoms with Crippen LogP contribution < -0.4 is 4.90 Å². The molecule has 1 N–H and O–H groups in total. The first-order valence-corrected chi connectivity index (χ1v) is 6.83. The topological polar surface area (TPSA) is 77.9 Å². The van der Waals surface area contributed by atoms with Crippen molar-refractivity contribution in [3.8, 4) is 0 Å². The Balaban J connectivity index is 2.21. The average Bonchev–Trinajstić information content (AvgIpc) is 2.42. The summed E-state index contributed by atoms with van der Waals surface area (Å²) in [5, 5.41) is 9.12. The number of carbonyl (C=O) groups is 3. The van der Waals surface area contributed by atoms with Crippen LogP contribution in [0.3, 0.4) is 0 Å². The Labute approximate surface area is 123 Å². The van der Waals surface area contributed by atoms with Gasteiger partial charge in [-0.05, 0) is 31.0 Å². The highest BCUT2D eigenvalue weighted by Gasteiger charge is 2.38. The van der Waals surface area contributed by atoms with Crippen molar-refractivity contribution in [3.63, 3.8) is 0 Å². The number of aryl methyl sites for hydroxylation is 1. The number of piperazine rings is 1. The van der Waals surface area contributed by atoms with E-state index in [1.807, 2.05) is 31.2 Å². The van der Waals surface area contributed by atoms with Crippen LogP contribution in [0.1, 0.15) is 18.9 Å². The van der Waals surface area contributed by atoms with Crippen molar-refractivity contribution >= 4 is 23.5 Å². The highest BCUT2D eigenvalue weighted by molar-refractivity contribution is 6.05. The first kappa shape index (κ1) is 15.0. The fraction of sp³-hybridized carbons (Fsp3) is 0.400. The number of imide groups is 1. The molecule has 1 saturated heterocycles. The van der Waals surface area contributed by atoms with Gasteiger partial charge in [0.2, 0.25) is 11.8 Å². The lowest BCUT2D eigenvalue weighted by molar-refractivity contribution is -0.158. The van der Waals surface area contributed by atoms with Gasteiger partial charge in [-0.25, -0.2) is 4.79 Å². The summed E-state index contributed by atoms with van der Waals surface area (Å²) in [4.78, 5) is 38.1. The Hall–Kier alpha value is -2.37. The third kappa shape index (κ3) is 3.04. The standard InChI is InChI=1S/C15H18N2O4/c1-3-12(15(20)21)17-13(18)8-16(9-14(17)19)11-6-4-5-10(2)7-11/h4-7,12H,3,8-9H2,1-2H3,(H,20,21). The molecule has 1 heterocycles. The molecule has 1 fully saturated rings. The van der Waals surface area contributed by atoms with E-state index in [4.69, 9.17) is 5.11 Å². The summed E-state index contributed by atoms with van der Waals surface area (Å²) in [5.41, 5.74) is 1.83. The van der Waals surface area contributed by atoms with E-state index in [1.165, 1.54) is 0 Å². The summed E-state index contributed by atoms with van der Waals surface area (Å²) in [6, 6.07) is 6.44. The van der Waals surface area contributed by atoms with Crippen LogP contribution in [0.25, 0.3) is 0 Å². The van der Waals surface area contributed by atoms with E-state index in [1.54, 1.807) is 11.8 Å². The van der Waals surface area contributed by atoms with Crippen molar-refractivity contribution in [1.29, 1.82) is 0 Å². The molecule has 1 aliphatic heterocycles. The summed E-state index contributed by atoms with van der Waals surface area (Å²) < 4.78 is 0. The minimum Gasteiger partial charge on any atom is -0.480 e. The molecule has 112 valence electrons. The van der Waals surface area contributed by atoms with Crippen molar-refractivity contribution in [3.05, 3.63) is 29.8 Å². The molecule has 1 atom stereocenters. The van der Waals surface area contributed by atoms with Crippen molar-refractivity contribution in [2.45, 2.75) is 26.3 Å². The van der Waals surface area contributed by atoms with E-state index < -0.39 is 23.8 Å². The average molecular weight is 290 g/mol. The molecule has 1 aromatic rings. The lowest BCUT2D eigenvalue weighted by Crippen LogP contribution is -2.59. The number of carbonyl (C=O) groups excluding carboxylic acids is 2. The number of carboxylic acids is 1. The number of amides is 2. The fourth-order valence-corrected chi connectivity index (χ4v) is 2.50. The van der Waals surface area contributed by atoms with E-state index in [0.29, 0.717) is 0 Å². The summed E-state index contributed by atoms with van der Waals surface area (Å²) in [6.45, 7) is 3.60. The third-order valence-electron chi connectivity index (χ3n) is 3.54. The summed E-state index contributed by atoms with van der Waals surface area (Å²) >= 11 is 0. The zero-order chi connectivity index (χ0) is 15.6. The predicted octanol–water partition coefficient (Wildman–Crippen LogP) is 1.03. The number of aliphatic carboxylic acids is 1. The Kier molecular flexibility index (Phi) is 4.26. The summed E-state index contributed by atoms with van der Waals surface area (Å²) in [6.07, 6.45) is 0.206. The van der Waals surface area contributed by atoms with Gasteiger partial charge in [0.1, 0.15) is 6.04 Å². The van der Waals surface area contributed by atoms with Crippen molar-refractivity contribution in [2.24, 2.45) is 0 Å². The van der Waals surface area contributed by atoms with Gasteiger partial charge in [0.25, 0.3) is 0 Å². The largest absolute Gasteiger partial charge is 0.480 e. The maximum Gasteiger partial charge on any atom is 0.326 e. The molecular weight excluding hydrogens is 272 g/mol. The Bertz CT molecular complexity index is 567. The van der Waals surface area contributed by atoms with Gasteiger partial charge in [0.05, 0.1) is 13.1 Å². The first-order chi connectivity index (χ1) is 9.93. The van der Waals surface area contributed by atoms with Gasteiger partial charge < -0.3 is 10.0 Å². The SMILES string of the molecule is CCC(C(=O)O)N1C(=O)CN(c2cccc(C)c2)CC1=O. The van der Waals surface area contributed by atoms with Crippen LogP contribution in [-0.4, -0.2) is 46.9 Å². The molecule has 0 aromatic heterocycles. The van der Waals surface area contributed by atoms with E-state index in [9.17, 15) is 14.4 Å². The highest BCUT2D eigenvalue weighted by atomic mass is 16.4. The van der Waals surface area contributed by atoms with Gasteiger partial charge in [-0.3, -0.25) is 14.5 Å². The molecule has 21 heavy (non-hydrogen) atoms. The van der Waals surface area contributed by atoms with Crippen LogP contribution in [0.15, 0.2) is 24.3 Å². The van der Waals surface area contributed by atoms with E-state index in [-0.39, 0.29) is 19.5 Å². The van der Waals surface area contributed by atoms with E-state index in [0.717, 1.165) is 16.2 Å². The van der Waals surface area contributed by atoms with Crippen molar-refractivity contribution in [1.82, 2.24) is 4.90 Å². The van der Waals surface area contributed by atoms with Crippen LogP contribution in [0.4, 0.5) is 5.69 Å². The Morgan fingerprint density at radius 1 is 1.29 bits per heavy atom. The van der Waals surface area contributed by atoms with Gasteiger partial charge >= 0.3 is 5.97 Å². The minimum atomic E-state index is -1.15. The molecule has 2 rings (SSSR count). The third-order valence-corrected chi connectivity index (χ3v) is 3.54. The molecule has 1 unspecified atom stereocenters. The molecule has 2 amide bonds. The second kappa shape index (κ2) is 5.95. The number of nitrogens with zero attached hydrogens (tertiary/aromatic N) is 2. The number of rotatable bonds is 4. The van der Waals surface area contributed by atoms with Gasteiger partial charge in [-0.2, -0.15) is 0 Å². The van der Waals surface area contributed by atoms with Crippen LogP contribution in [0.5, 0.6) is 0 Å². The summed E-state index contributed by atoms with van der Waals surface area (Å²) in [5.74, 6) is -2.09. The van der Waals surface area contributed by atoms with E-state index in [2.05, 4.69) is 0 Å². The van der Waals surface area contributed by atoms with Gasteiger partial charge in [0.15, 0.2) is 0 Å². The molecule has 1 aromatic carbocycles. The molecular formula is C15H18N2O4. The highest BCUT2D eigenvalue weighted by Crippen LogP contribution is 2.20. The maximum atomic E-state index is 12.2. The second-order valence-corrected chi connectivity index (χ2v) is 5.11. The second-order valence-electron chi connectivity index (χ2n) is 5.11. The minimum absolute atomic E-state index is 0.0129. The van der Waals surface area contributed by atoms with E-state index >= 15 is 0 Å². The zero-order valence-electron chi connectivity index (χ0n) is 12.1. The quantitative estimate of drug-likeness (QED) is 0.838. The molecule has 1 aliphatic rings. The Morgan fingerprint density at radius 2 is 1.90 bits per heavy atom. The Morgan fingerprint density at radius 3 is 2.38 bits per heavy atom. The molecule has 0 spiro atoms. The zero-order valence-corrected chi connectivity index (χ0v) is 12.1. The monoisotopic (exact) mass is 290 g/mol. The number of hydrogen-bond donors (Lipinski definition) is 1. The maximum absolute atomic E-state index is 12.2. The molecule has 0 bridgehead atoms. The van der Waals surface area contributed by atoms with Crippen LogP contribution >= 0.6 is 0 Å². The van der Waals surface area contributed by atoms with Crippen molar-refractivity contribution in [2.75, 3.05) is 18.0 Å². The van der Waals surface area contributed by atoms with Crippen LogP contribution in [-0.2, 0) is 14.4 Å². The number of anilines is 1. The molecule has 0 saturated carbocycles. The number of benzene rings is 1. The van der Waals surface area contributed by atoms with Crippen LogP contribution in [0, 0.1) is 6.92 Å². The lowest BCUT2D eigenvalue weighted by Gasteiger charge is -2.36. The number of carboxylic acid groups (broad SMARTS) is 1.